The number of piperidine rings is 1. The predicted octanol–water partition coefficient (Wildman–Crippen LogP) is 0.951. The van der Waals surface area contributed by atoms with Crippen LogP contribution < -0.4 is 20.1 Å². The van der Waals surface area contributed by atoms with Crippen LogP contribution in [-0.2, 0) is 9.53 Å². The van der Waals surface area contributed by atoms with Crippen LogP contribution in [0.1, 0.15) is 30.1 Å². The van der Waals surface area contributed by atoms with Gasteiger partial charge in [0.15, 0.2) is 0 Å². The number of quaternary nitrogens is 1. The number of carbonyl (C=O) groups excluding carboxylic acids is 1. The summed E-state index contributed by atoms with van der Waals surface area (Å²) in [5, 5.41) is 10.6. The van der Waals surface area contributed by atoms with Crippen molar-refractivity contribution < 1.29 is 29.0 Å². The fraction of sp³-hybridized carbons (Fsp3) is 0.458. The molecule has 0 bridgehead atoms. The molecule has 7 heteroatoms. The fourth-order valence-corrected chi connectivity index (χ4v) is 4.06. The highest BCUT2D eigenvalue weighted by Crippen LogP contribution is 2.29. The van der Waals surface area contributed by atoms with Crippen LogP contribution in [0.25, 0.3) is 0 Å². The number of carbonyl (C=O) groups is 1. The minimum absolute atomic E-state index is 0.0355. The molecule has 0 aliphatic carbocycles. The van der Waals surface area contributed by atoms with E-state index >= 15 is 0 Å². The number of amides is 1. The molecule has 2 aromatic rings. The van der Waals surface area contributed by atoms with Crippen LogP contribution in [0.4, 0.5) is 0 Å². The maximum atomic E-state index is 11.3. The molecule has 0 unspecified atom stereocenters. The zero-order valence-corrected chi connectivity index (χ0v) is 18.3. The Morgan fingerprint density at radius 3 is 1.90 bits per heavy atom. The van der Waals surface area contributed by atoms with Crippen LogP contribution in [-0.4, -0.2) is 57.6 Å². The Morgan fingerprint density at radius 2 is 1.48 bits per heavy atom. The van der Waals surface area contributed by atoms with E-state index in [9.17, 15) is 9.90 Å². The van der Waals surface area contributed by atoms with Crippen molar-refractivity contribution in [1.82, 2.24) is 0 Å². The van der Waals surface area contributed by atoms with Crippen LogP contribution in [0.5, 0.6) is 11.5 Å². The Morgan fingerprint density at radius 1 is 1.00 bits per heavy atom. The van der Waals surface area contributed by atoms with E-state index in [1.165, 1.54) is 4.90 Å². The lowest BCUT2D eigenvalue weighted by atomic mass is 9.96. The maximum absolute atomic E-state index is 11.3. The highest BCUT2D eigenvalue weighted by molar-refractivity contribution is 5.76. The summed E-state index contributed by atoms with van der Waals surface area (Å²) < 4.78 is 16.7. The molecule has 31 heavy (non-hydrogen) atoms. The van der Waals surface area contributed by atoms with Gasteiger partial charge in [0.2, 0.25) is 5.91 Å². The first-order chi connectivity index (χ1) is 15.0. The molecule has 2 aromatic carbocycles. The lowest BCUT2D eigenvalue weighted by molar-refractivity contribution is -0.908. The van der Waals surface area contributed by atoms with Crippen LogP contribution >= 0.6 is 0 Å². The van der Waals surface area contributed by atoms with E-state index in [0.717, 1.165) is 48.6 Å². The van der Waals surface area contributed by atoms with Crippen LogP contribution in [0.15, 0.2) is 48.5 Å². The average molecular weight is 430 g/mol. The third-order valence-electron chi connectivity index (χ3n) is 5.91. The smallest absolute Gasteiger partial charge is 0.220 e. The molecule has 1 aliphatic rings. The molecule has 168 valence electrons. The molecular formula is C24H33N2O5+. The number of hydrogen-bond donors (Lipinski definition) is 3. The van der Waals surface area contributed by atoms with Gasteiger partial charge in [0.05, 0.1) is 33.9 Å². The molecule has 1 fully saturated rings. The summed E-state index contributed by atoms with van der Waals surface area (Å²) in [5.74, 6) is 1.30. The van der Waals surface area contributed by atoms with Crippen molar-refractivity contribution in [3.63, 3.8) is 0 Å². The molecule has 4 N–H and O–H groups in total. The van der Waals surface area contributed by atoms with Gasteiger partial charge in [0.1, 0.15) is 30.3 Å². The zero-order valence-electron chi connectivity index (χ0n) is 18.3. The van der Waals surface area contributed by atoms with Gasteiger partial charge >= 0.3 is 0 Å². The molecule has 1 amide bonds. The van der Waals surface area contributed by atoms with E-state index in [1.807, 2.05) is 48.5 Å². The second kappa shape index (κ2) is 11.1. The molecular weight excluding hydrogens is 396 g/mol. The number of benzene rings is 2. The number of nitrogens with one attached hydrogen (secondary N) is 1. The molecule has 7 nitrogen and oxygen atoms in total. The first-order valence-electron chi connectivity index (χ1n) is 10.7. The third kappa shape index (κ3) is 6.43. The molecule has 0 saturated carbocycles. The van der Waals surface area contributed by atoms with E-state index in [4.69, 9.17) is 19.9 Å². The number of rotatable bonds is 10. The standard InChI is InChI=1S/C24H32N2O5/c1-29-21-7-3-17(4-8-21)23(18-5-9-22(30-2)10-6-18)31-16-20(27)15-26-13-11-19(12-14-26)24(25)28/h3-10,19-20,23,27H,11-16H2,1-2H3,(H2,25,28)/p+1/t20-/m0/s1. The van der Waals surface area contributed by atoms with Gasteiger partial charge in [-0.3, -0.25) is 4.79 Å². The Hall–Kier alpha value is -2.61. The first-order valence-corrected chi connectivity index (χ1v) is 10.7. The zero-order chi connectivity index (χ0) is 22.2. The third-order valence-corrected chi connectivity index (χ3v) is 5.91. The largest absolute Gasteiger partial charge is 0.497 e. The summed E-state index contributed by atoms with van der Waals surface area (Å²) in [6, 6.07) is 15.5. The number of aliphatic hydroxyl groups excluding tert-OH is 1. The van der Waals surface area contributed by atoms with Crippen molar-refractivity contribution in [1.29, 1.82) is 0 Å². The quantitative estimate of drug-likeness (QED) is 0.523. The molecule has 3 rings (SSSR count). The topological polar surface area (TPSA) is 95.5 Å². The summed E-state index contributed by atoms with van der Waals surface area (Å²) in [6.45, 7) is 2.48. The minimum atomic E-state index is -0.598. The van der Waals surface area contributed by atoms with Crippen molar-refractivity contribution in [2.75, 3.05) is 40.5 Å². The monoisotopic (exact) mass is 429 g/mol. The summed E-state index contributed by atoms with van der Waals surface area (Å²) in [6.07, 6.45) is 0.637. The SMILES string of the molecule is COc1ccc(C(OC[C@@H](O)C[NH+]2CCC(C(N)=O)CC2)c2ccc(OC)cc2)cc1. The number of aliphatic hydroxyl groups is 1. The van der Waals surface area contributed by atoms with Gasteiger partial charge in [-0.25, -0.2) is 0 Å². The highest BCUT2D eigenvalue weighted by atomic mass is 16.5. The Labute approximate surface area is 183 Å². The Balaban J connectivity index is 1.63. The second-order valence-corrected chi connectivity index (χ2v) is 8.04. The molecule has 0 spiro atoms. The lowest BCUT2D eigenvalue weighted by Crippen LogP contribution is -3.14. The van der Waals surface area contributed by atoms with Crippen molar-refractivity contribution in [3.05, 3.63) is 59.7 Å². The number of primary amides is 1. The normalized spacial score (nSPS) is 19.7. The summed E-state index contributed by atoms with van der Waals surface area (Å²) >= 11 is 0. The maximum Gasteiger partial charge on any atom is 0.220 e. The molecule has 1 atom stereocenters. The first kappa shape index (κ1) is 23.1. The van der Waals surface area contributed by atoms with Crippen molar-refractivity contribution in [2.24, 2.45) is 11.7 Å². The number of hydrogen-bond acceptors (Lipinski definition) is 5. The number of ether oxygens (including phenoxy) is 3. The molecule has 1 saturated heterocycles. The van der Waals surface area contributed by atoms with Gasteiger partial charge in [0, 0.05) is 18.8 Å². The highest BCUT2D eigenvalue weighted by Gasteiger charge is 2.27. The van der Waals surface area contributed by atoms with Crippen molar-refractivity contribution in [2.45, 2.75) is 25.0 Å². The van der Waals surface area contributed by atoms with Crippen LogP contribution in [0.3, 0.4) is 0 Å². The van der Waals surface area contributed by atoms with Crippen molar-refractivity contribution in [3.8, 4) is 11.5 Å². The van der Waals surface area contributed by atoms with Crippen molar-refractivity contribution >= 4 is 5.91 Å². The molecule has 0 aromatic heterocycles. The lowest BCUT2D eigenvalue weighted by Gasteiger charge is -2.29. The van der Waals surface area contributed by atoms with Gasteiger partial charge < -0.3 is 30.0 Å². The molecule has 0 radical (unpaired) electrons. The van der Waals surface area contributed by atoms with Gasteiger partial charge in [-0.15, -0.1) is 0 Å². The Kier molecular flexibility index (Phi) is 8.28. The van der Waals surface area contributed by atoms with Gasteiger partial charge in [-0.2, -0.15) is 0 Å². The van der Waals surface area contributed by atoms with Gasteiger partial charge in [-0.05, 0) is 35.4 Å². The molecule has 1 aliphatic heterocycles. The minimum Gasteiger partial charge on any atom is -0.497 e. The second-order valence-electron chi connectivity index (χ2n) is 8.04. The number of likely N-dealkylation sites (tertiary alicyclic amines) is 1. The predicted molar refractivity (Wildman–Crippen MR) is 117 cm³/mol. The van der Waals surface area contributed by atoms with Crippen LogP contribution in [0, 0.1) is 5.92 Å². The molecule has 1 heterocycles. The van der Waals surface area contributed by atoms with E-state index in [2.05, 4.69) is 0 Å². The summed E-state index contributed by atoms with van der Waals surface area (Å²) in [4.78, 5) is 12.6. The van der Waals surface area contributed by atoms with E-state index < -0.39 is 6.10 Å². The fourth-order valence-electron chi connectivity index (χ4n) is 4.06. The van der Waals surface area contributed by atoms with Crippen LogP contribution in [0.2, 0.25) is 0 Å². The van der Waals surface area contributed by atoms with E-state index in [1.54, 1.807) is 14.2 Å². The van der Waals surface area contributed by atoms with E-state index in [-0.39, 0.29) is 24.5 Å². The average Bonchev–Trinajstić information content (AvgIpc) is 2.80. The number of nitrogens with two attached hydrogens (primary N) is 1. The van der Waals surface area contributed by atoms with E-state index in [0.29, 0.717) is 6.54 Å². The number of methoxy groups -OCH3 is 2. The summed E-state index contributed by atoms with van der Waals surface area (Å²) in [5.41, 5.74) is 7.37. The van der Waals surface area contributed by atoms with Gasteiger partial charge in [0.25, 0.3) is 0 Å². The van der Waals surface area contributed by atoms with Gasteiger partial charge in [-0.1, -0.05) is 24.3 Å². The summed E-state index contributed by atoms with van der Waals surface area (Å²) in [7, 11) is 3.27. The Bertz CT molecular complexity index is 769.